The summed E-state index contributed by atoms with van der Waals surface area (Å²) in [4.78, 5) is 23.1. The fourth-order valence-electron chi connectivity index (χ4n) is 3.03. The van der Waals surface area contributed by atoms with Gasteiger partial charge in [-0.1, -0.05) is 43.7 Å². The van der Waals surface area contributed by atoms with Crippen LogP contribution in [0.1, 0.15) is 30.1 Å². The van der Waals surface area contributed by atoms with E-state index in [0.717, 1.165) is 23.9 Å². The highest BCUT2D eigenvalue weighted by molar-refractivity contribution is 7.89. The number of unbranched alkanes of at least 4 members (excludes halogenated alkanes) is 1. The number of carbonyl (C=O) groups excluding carboxylic acids is 1. The highest BCUT2D eigenvalue weighted by atomic mass is 32.2. The second kappa shape index (κ2) is 9.11. The Balaban J connectivity index is 1.92. The van der Waals surface area contributed by atoms with Crippen LogP contribution in [0.25, 0.3) is 10.8 Å². The summed E-state index contributed by atoms with van der Waals surface area (Å²) < 4.78 is 27.1. The Hall–Kier alpha value is -3.50. The lowest BCUT2D eigenvalue weighted by atomic mass is 10.0. The van der Waals surface area contributed by atoms with Crippen molar-refractivity contribution in [2.75, 3.05) is 11.9 Å². The number of rotatable bonds is 8. The van der Waals surface area contributed by atoms with Crippen molar-refractivity contribution in [2.24, 2.45) is 0 Å². The number of nitrogens with one attached hydrogen (secondary N) is 2. The minimum atomic E-state index is -3.92. The van der Waals surface area contributed by atoms with Gasteiger partial charge in [0.2, 0.25) is 10.0 Å². The van der Waals surface area contributed by atoms with Crippen LogP contribution < -0.4 is 10.0 Å². The van der Waals surface area contributed by atoms with Crippen molar-refractivity contribution in [1.82, 2.24) is 4.72 Å². The number of phenolic OH excluding ortho intramolecular Hbond substituents is 1. The van der Waals surface area contributed by atoms with Gasteiger partial charge in [0, 0.05) is 18.0 Å². The molecule has 1 amide bonds. The van der Waals surface area contributed by atoms with Gasteiger partial charge in [0.25, 0.3) is 11.6 Å². The molecule has 0 fully saturated rings. The summed E-state index contributed by atoms with van der Waals surface area (Å²) in [6.07, 6.45) is 1.42. The molecule has 3 rings (SSSR count). The molecule has 0 unspecified atom stereocenters. The topological polar surface area (TPSA) is 139 Å². The predicted molar refractivity (Wildman–Crippen MR) is 117 cm³/mol. The first kappa shape index (κ1) is 22.2. The van der Waals surface area contributed by atoms with Crippen molar-refractivity contribution in [3.63, 3.8) is 0 Å². The number of hydrogen-bond acceptors (Lipinski definition) is 6. The van der Waals surface area contributed by atoms with Gasteiger partial charge in [0.15, 0.2) is 0 Å². The van der Waals surface area contributed by atoms with E-state index in [1.54, 1.807) is 30.3 Å². The van der Waals surface area contributed by atoms with Crippen molar-refractivity contribution in [1.29, 1.82) is 0 Å². The zero-order chi connectivity index (χ0) is 22.6. The number of nitro groups is 1. The second-order valence-electron chi connectivity index (χ2n) is 6.82. The zero-order valence-electron chi connectivity index (χ0n) is 16.7. The van der Waals surface area contributed by atoms with Gasteiger partial charge in [0.1, 0.15) is 11.4 Å². The fourth-order valence-corrected chi connectivity index (χ4v) is 4.12. The standard InChI is InChI=1S/C21H21N3O6S/c1-2-3-12-22-31(29,30)15-9-11-18(19(13-15)24(27)28)23-21(26)17-10-8-14-6-4-5-7-16(14)20(17)25/h4-11,13,22,25H,2-3,12H2,1H3,(H,23,26). The van der Waals surface area contributed by atoms with Gasteiger partial charge < -0.3 is 10.4 Å². The van der Waals surface area contributed by atoms with Crippen LogP contribution in [0.4, 0.5) is 11.4 Å². The summed E-state index contributed by atoms with van der Waals surface area (Å²) >= 11 is 0. The maximum Gasteiger partial charge on any atom is 0.294 e. The summed E-state index contributed by atoms with van der Waals surface area (Å²) in [6, 6.07) is 13.2. The third-order valence-corrected chi connectivity index (χ3v) is 6.15. The second-order valence-corrected chi connectivity index (χ2v) is 8.59. The lowest BCUT2D eigenvalue weighted by Crippen LogP contribution is -2.25. The van der Waals surface area contributed by atoms with Crippen LogP contribution in [-0.4, -0.2) is 30.9 Å². The van der Waals surface area contributed by atoms with Crippen LogP contribution in [0.5, 0.6) is 5.75 Å². The molecule has 9 nitrogen and oxygen atoms in total. The van der Waals surface area contributed by atoms with E-state index >= 15 is 0 Å². The lowest BCUT2D eigenvalue weighted by Gasteiger charge is -2.11. The first-order valence-corrected chi connectivity index (χ1v) is 11.0. The summed E-state index contributed by atoms with van der Waals surface area (Å²) in [5, 5.41) is 25.5. The molecule has 0 aliphatic rings. The fraction of sp³-hybridized carbons (Fsp3) is 0.190. The van der Waals surface area contributed by atoms with Crippen molar-refractivity contribution in [3.8, 4) is 5.75 Å². The van der Waals surface area contributed by atoms with E-state index in [-0.39, 0.29) is 28.4 Å². The van der Waals surface area contributed by atoms with Crippen molar-refractivity contribution < 1.29 is 23.2 Å². The minimum absolute atomic E-state index is 0.0640. The normalized spacial score (nSPS) is 11.4. The third-order valence-electron chi connectivity index (χ3n) is 4.69. The Kier molecular flexibility index (Phi) is 6.52. The molecular weight excluding hydrogens is 422 g/mol. The number of phenols is 1. The number of hydrogen-bond donors (Lipinski definition) is 3. The van der Waals surface area contributed by atoms with Crippen molar-refractivity contribution in [2.45, 2.75) is 24.7 Å². The van der Waals surface area contributed by atoms with Gasteiger partial charge in [-0.3, -0.25) is 14.9 Å². The van der Waals surface area contributed by atoms with Gasteiger partial charge in [0.05, 0.1) is 15.4 Å². The Morgan fingerprint density at radius 1 is 1.13 bits per heavy atom. The third kappa shape index (κ3) is 4.81. The molecule has 162 valence electrons. The van der Waals surface area contributed by atoms with E-state index in [1.807, 2.05) is 6.92 Å². The molecule has 0 saturated carbocycles. The van der Waals surface area contributed by atoms with E-state index in [0.29, 0.717) is 11.8 Å². The van der Waals surface area contributed by atoms with Crippen molar-refractivity contribution in [3.05, 3.63) is 70.3 Å². The van der Waals surface area contributed by atoms with Crippen LogP contribution >= 0.6 is 0 Å². The van der Waals surface area contributed by atoms with Crippen molar-refractivity contribution >= 4 is 38.1 Å². The Morgan fingerprint density at radius 3 is 2.58 bits per heavy atom. The van der Waals surface area contributed by atoms with E-state index in [4.69, 9.17) is 0 Å². The number of benzene rings is 3. The molecule has 0 aliphatic carbocycles. The predicted octanol–water partition coefficient (Wildman–Crippen LogP) is 3.78. The van der Waals surface area contributed by atoms with Gasteiger partial charge in [-0.05, 0) is 30.0 Å². The van der Waals surface area contributed by atoms with Gasteiger partial charge in [-0.25, -0.2) is 13.1 Å². The number of anilines is 1. The molecule has 0 spiro atoms. The molecule has 0 radical (unpaired) electrons. The van der Waals surface area contributed by atoms with Crippen LogP contribution in [0.15, 0.2) is 59.5 Å². The monoisotopic (exact) mass is 443 g/mol. The average molecular weight is 443 g/mol. The molecule has 31 heavy (non-hydrogen) atoms. The number of carbonyl (C=O) groups is 1. The molecule has 0 atom stereocenters. The number of amides is 1. The summed E-state index contributed by atoms with van der Waals surface area (Å²) in [7, 11) is -3.92. The number of sulfonamides is 1. The minimum Gasteiger partial charge on any atom is -0.506 e. The Labute approximate surface area is 178 Å². The molecule has 10 heteroatoms. The van der Waals surface area contributed by atoms with Gasteiger partial charge in [-0.2, -0.15) is 0 Å². The molecule has 0 aliphatic heterocycles. The molecule has 0 aromatic heterocycles. The molecular formula is C21H21N3O6S. The molecule has 0 heterocycles. The maximum atomic E-state index is 12.7. The maximum absolute atomic E-state index is 12.7. The molecule has 0 saturated heterocycles. The van der Waals surface area contributed by atoms with E-state index < -0.39 is 26.5 Å². The number of fused-ring (bicyclic) bond motifs is 1. The molecule has 3 aromatic rings. The van der Waals surface area contributed by atoms with Gasteiger partial charge >= 0.3 is 0 Å². The summed E-state index contributed by atoms with van der Waals surface area (Å²) in [5.41, 5.74) is -0.826. The first-order chi connectivity index (χ1) is 14.7. The average Bonchev–Trinajstić information content (AvgIpc) is 2.74. The number of aromatic hydroxyl groups is 1. The Bertz CT molecular complexity index is 1260. The molecule has 0 bridgehead atoms. The number of nitrogens with zero attached hydrogens (tertiary/aromatic N) is 1. The molecule has 3 N–H and O–H groups in total. The highest BCUT2D eigenvalue weighted by Crippen LogP contribution is 2.31. The van der Waals surface area contributed by atoms with Crippen LogP contribution in [0.2, 0.25) is 0 Å². The van der Waals surface area contributed by atoms with E-state index in [9.17, 15) is 28.4 Å². The Morgan fingerprint density at radius 2 is 1.87 bits per heavy atom. The summed E-state index contributed by atoms with van der Waals surface area (Å²) in [6.45, 7) is 2.12. The van der Waals surface area contributed by atoms with E-state index in [2.05, 4.69) is 10.0 Å². The number of nitro benzene ring substituents is 1. The SMILES string of the molecule is CCCCNS(=O)(=O)c1ccc(NC(=O)c2ccc3ccccc3c2O)c([N+](=O)[O-])c1. The lowest BCUT2D eigenvalue weighted by molar-refractivity contribution is -0.384. The zero-order valence-corrected chi connectivity index (χ0v) is 17.5. The summed E-state index contributed by atoms with van der Waals surface area (Å²) in [5.74, 6) is -1.01. The molecule has 3 aromatic carbocycles. The van der Waals surface area contributed by atoms with Crippen LogP contribution in [-0.2, 0) is 10.0 Å². The van der Waals surface area contributed by atoms with Gasteiger partial charge in [-0.15, -0.1) is 0 Å². The van der Waals surface area contributed by atoms with Crippen LogP contribution in [0, 0.1) is 10.1 Å². The van der Waals surface area contributed by atoms with E-state index in [1.165, 1.54) is 12.1 Å². The highest BCUT2D eigenvalue weighted by Gasteiger charge is 2.23. The largest absolute Gasteiger partial charge is 0.506 e. The smallest absolute Gasteiger partial charge is 0.294 e. The quantitative estimate of drug-likeness (QED) is 0.275. The first-order valence-electron chi connectivity index (χ1n) is 9.54. The van der Waals surface area contributed by atoms with Crippen LogP contribution in [0.3, 0.4) is 0 Å².